The number of hydrogen-bond acceptors (Lipinski definition) is 4. The smallest absolute Gasteiger partial charge is 0.372 e. The second kappa shape index (κ2) is 10.4. The molecule has 0 bridgehead atoms. The topological polar surface area (TPSA) is 58.5 Å². The predicted octanol–water partition coefficient (Wildman–Crippen LogP) is 2.52. The second-order valence-corrected chi connectivity index (χ2v) is 6.14. The Morgan fingerprint density at radius 1 is 1.39 bits per heavy atom. The van der Waals surface area contributed by atoms with Crippen LogP contribution in [0.25, 0.3) is 0 Å². The number of alkyl halides is 3. The summed E-state index contributed by atoms with van der Waals surface area (Å²) < 4.78 is 40.2. The van der Waals surface area contributed by atoms with E-state index >= 15 is 0 Å². The molecule has 0 aromatic carbocycles. The molecule has 0 radical (unpaired) electrons. The molecule has 0 spiro atoms. The van der Waals surface area contributed by atoms with E-state index in [9.17, 15) is 13.2 Å². The standard InChI is InChI=1S/C14H23F3N4OS/c1-3-18-13(19-6-4-8-22-10-14(15,16)17)20-7-5-12-21-9-11(2)23-12/h9H,3-8,10H2,1-2H3,(H2,18,19,20). The van der Waals surface area contributed by atoms with Crippen LogP contribution in [0.3, 0.4) is 0 Å². The number of nitrogens with zero attached hydrogens (tertiary/aromatic N) is 2. The van der Waals surface area contributed by atoms with Gasteiger partial charge in [0.25, 0.3) is 0 Å². The molecule has 5 nitrogen and oxygen atoms in total. The van der Waals surface area contributed by atoms with Crippen LogP contribution in [0.2, 0.25) is 0 Å². The number of aliphatic imine (C=N–C) groups is 1. The molecule has 1 aromatic rings. The van der Waals surface area contributed by atoms with Crippen molar-refractivity contribution in [1.82, 2.24) is 15.6 Å². The first-order valence-corrected chi connectivity index (χ1v) is 8.30. The summed E-state index contributed by atoms with van der Waals surface area (Å²) in [5.74, 6) is 0.650. The van der Waals surface area contributed by atoms with E-state index in [0.29, 0.717) is 32.0 Å². The lowest BCUT2D eigenvalue weighted by Crippen LogP contribution is -2.38. The SMILES string of the molecule is CCNC(=NCCCOCC(F)(F)F)NCCc1ncc(C)s1. The third-order valence-corrected chi connectivity index (χ3v) is 3.60. The molecule has 0 amide bonds. The van der Waals surface area contributed by atoms with E-state index in [2.05, 4.69) is 25.3 Å². The van der Waals surface area contributed by atoms with Gasteiger partial charge in [-0.25, -0.2) is 4.98 Å². The fraction of sp³-hybridized carbons (Fsp3) is 0.714. The average molecular weight is 352 g/mol. The lowest BCUT2D eigenvalue weighted by molar-refractivity contribution is -0.173. The summed E-state index contributed by atoms with van der Waals surface area (Å²) in [5, 5.41) is 7.33. The van der Waals surface area contributed by atoms with Crippen molar-refractivity contribution in [3.8, 4) is 0 Å². The normalized spacial score (nSPS) is 12.5. The molecule has 0 aliphatic heterocycles. The molecule has 1 aromatic heterocycles. The molecule has 0 unspecified atom stereocenters. The van der Waals surface area contributed by atoms with Crippen molar-refractivity contribution >= 4 is 17.3 Å². The van der Waals surface area contributed by atoms with E-state index in [1.54, 1.807) is 11.3 Å². The number of hydrogen-bond donors (Lipinski definition) is 2. The van der Waals surface area contributed by atoms with Gasteiger partial charge in [0, 0.05) is 43.7 Å². The zero-order chi connectivity index (χ0) is 17.1. The van der Waals surface area contributed by atoms with Crippen LogP contribution in [-0.4, -0.2) is 50.0 Å². The Balaban J connectivity index is 2.21. The fourth-order valence-electron chi connectivity index (χ4n) is 1.69. The zero-order valence-electron chi connectivity index (χ0n) is 13.4. The van der Waals surface area contributed by atoms with Crippen molar-refractivity contribution in [2.45, 2.75) is 32.9 Å². The van der Waals surface area contributed by atoms with Gasteiger partial charge < -0.3 is 15.4 Å². The predicted molar refractivity (Wildman–Crippen MR) is 86.0 cm³/mol. The number of aryl methyl sites for hydroxylation is 1. The molecule has 0 atom stereocenters. The third kappa shape index (κ3) is 10.1. The molecule has 0 aliphatic carbocycles. The highest BCUT2D eigenvalue weighted by Gasteiger charge is 2.27. The van der Waals surface area contributed by atoms with Gasteiger partial charge >= 0.3 is 6.18 Å². The van der Waals surface area contributed by atoms with Gasteiger partial charge in [0.1, 0.15) is 6.61 Å². The Labute approximate surface area is 138 Å². The summed E-state index contributed by atoms with van der Waals surface area (Å²) in [5.41, 5.74) is 0. The van der Waals surface area contributed by atoms with Crippen LogP contribution in [0.4, 0.5) is 13.2 Å². The summed E-state index contributed by atoms with van der Waals surface area (Å²) in [6.07, 6.45) is -1.18. The maximum absolute atomic E-state index is 11.9. The van der Waals surface area contributed by atoms with Crippen molar-refractivity contribution in [3.63, 3.8) is 0 Å². The van der Waals surface area contributed by atoms with Gasteiger partial charge in [-0.3, -0.25) is 4.99 Å². The highest BCUT2D eigenvalue weighted by Crippen LogP contribution is 2.14. The molecule has 9 heteroatoms. The van der Waals surface area contributed by atoms with E-state index in [0.717, 1.165) is 11.4 Å². The van der Waals surface area contributed by atoms with Crippen LogP contribution in [0.5, 0.6) is 0 Å². The lowest BCUT2D eigenvalue weighted by atomic mass is 10.4. The molecule has 1 rings (SSSR count). The van der Waals surface area contributed by atoms with Crippen LogP contribution in [-0.2, 0) is 11.2 Å². The van der Waals surface area contributed by atoms with Crippen LogP contribution in [0.15, 0.2) is 11.2 Å². The summed E-state index contributed by atoms with van der Waals surface area (Å²) in [4.78, 5) is 9.76. The minimum Gasteiger partial charge on any atom is -0.372 e. The number of ether oxygens (including phenoxy) is 1. The van der Waals surface area contributed by atoms with E-state index in [1.807, 2.05) is 20.0 Å². The first-order valence-electron chi connectivity index (χ1n) is 7.48. The van der Waals surface area contributed by atoms with E-state index < -0.39 is 12.8 Å². The Hall–Kier alpha value is -1.35. The largest absolute Gasteiger partial charge is 0.411 e. The van der Waals surface area contributed by atoms with Crippen LogP contribution < -0.4 is 10.6 Å². The van der Waals surface area contributed by atoms with Crippen LogP contribution in [0, 0.1) is 6.92 Å². The fourth-order valence-corrected chi connectivity index (χ4v) is 2.48. The lowest BCUT2D eigenvalue weighted by Gasteiger charge is -2.11. The first kappa shape index (κ1) is 19.7. The Morgan fingerprint density at radius 2 is 2.17 bits per heavy atom. The summed E-state index contributed by atoms with van der Waals surface area (Å²) in [6.45, 7) is 4.62. The molecular formula is C14H23F3N4OS. The van der Waals surface area contributed by atoms with Gasteiger partial charge in [0.15, 0.2) is 5.96 Å². The molecule has 0 saturated heterocycles. The van der Waals surface area contributed by atoms with Crippen molar-refractivity contribution in [1.29, 1.82) is 0 Å². The van der Waals surface area contributed by atoms with Gasteiger partial charge in [-0.05, 0) is 20.3 Å². The summed E-state index contributed by atoms with van der Waals surface area (Å²) >= 11 is 1.66. The van der Waals surface area contributed by atoms with E-state index in [-0.39, 0.29) is 6.61 Å². The van der Waals surface area contributed by atoms with Crippen molar-refractivity contribution in [2.75, 3.05) is 32.8 Å². The van der Waals surface area contributed by atoms with Crippen LogP contribution in [0.1, 0.15) is 23.2 Å². The highest BCUT2D eigenvalue weighted by atomic mass is 32.1. The number of aromatic nitrogens is 1. The number of halogens is 3. The van der Waals surface area contributed by atoms with Gasteiger partial charge in [-0.1, -0.05) is 0 Å². The first-order chi connectivity index (χ1) is 10.9. The van der Waals surface area contributed by atoms with Gasteiger partial charge in [-0.15, -0.1) is 11.3 Å². The number of rotatable bonds is 9. The Kier molecular flexibility index (Phi) is 8.93. The molecule has 132 valence electrons. The zero-order valence-corrected chi connectivity index (χ0v) is 14.2. The molecule has 1 heterocycles. The minimum absolute atomic E-state index is 0.0425. The Bertz CT molecular complexity index is 477. The maximum Gasteiger partial charge on any atom is 0.411 e. The molecule has 23 heavy (non-hydrogen) atoms. The highest BCUT2D eigenvalue weighted by molar-refractivity contribution is 7.11. The number of guanidine groups is 1. The minimum atomic E-state index is -4.27. The number of thiazole rings is 1. The Morgan fingerprint density at radius 3 is 2.78 bits per heavy atom. The quantitative estimate of drug-likeness (QED) is 0.407. The molecule has 0 fully saturated rings. The van der Waals surface area contributed by atoms with Gasteiger partial charge in [0.05, 0.1) is 5.01 Å². The van der Waals surface area contributed by atoms with Crippen LogP contribution >= 0.6 is 11.3 Å². The summed E-state index contributed by atoms with van der Waals surface area (Å²) in [6, 6.07) is 0. The number of nitrogens with one attached hydrogen (secondary N) is 2. The average Bonchev–Trinajstić information content (AvgIpc) is 2.87. The molecule has 2 N–H and O–H groups in total. The van der Waals surface area contributed by atoms with E-state index in [4.69, 9.17) is 0 Å². The van der Waals surface area contributed by atoms with Crippen molar-refractivity contribution in [2.24, 2.45) is 4.99 Å². The third-order valence-electron chi connectivity index (χ3n) is 2.63. The van der Waals surface area contributed by atoms with Crippen molar-refractivity contribution < 1.29 is 17.9 Å². The molecule has 0 aliphatic rings. The monoisotopic (exact) mass is 352 g/mol. The van der Waals surface area contributed by atoms with Gasteiger partial charge in [-0.2, -0.15) is 13.2 Å². The molecule has 0 saturated carbocycles. The molecular weight excluding hydrogens is 329 g/mol. The van der Waals surface area contributed by atoms with Gasteiger partial charge in [0.2, 0.25) is 0 Å². The maximum atomic E-state index is 11.9. The van der Waals surface area contributed by atoms with E-state index in [1.165, 1.54) is 4.88 Å². The van der Waals surface area contributed by atoms with Crippen molar-refractivity contribution in [3.05, 3.63) is 16.1 Å². The summed E-state index contributed by atoms with van der Waals surface area (Å²) in [7, 11) is 0. The second-order valence-electron chi connectivity index (χ2n) is 4.82.